The smallest absolute Gasteiger partial charge is 0.416 e. The molecule has 2 aliphatic heterocycles. The van der Waals surface area contributed by atoms with Crippen molar-refractivity contribution in [1.29, 1.82) is 0 Å². The van der Waals surface area contributed by atoms with E-state index >= 15 is 0 Å². The summed E-state index contributed by atoms with van der Waals surface area (Å²) in [5.74, 6) is -1.15. The van der Waals surface area contributed by atoms with Gasteiger partial charge in [-0.1, -0.05) is 67.1 Å². The molecule has 2 heterocycles. The Labute approximate surface area is 217 Å². The van der Waals surface area contributed by atoms with Gasteiger partial charge >= 0.3 is 6.09 Å². The summed E-state index contributed by atoms with van der Waals surface area (Å²) in [5.41, 5.74) is 1.86. The van der Waals surface area contributed by atoms with Crippen LogP contribution in [0.1, 0.15) is 36.8 Å². The molecule has 37 heavy (non-hydrogen) atoms. The number of rotatable bonds is 11. The highest BCUT2D eigenvalue weighted by atomic mass is 16.6. The summed E-state index contributed by atoms with van der Waals surface area (Å²) in [4.78, 5) is 40.9. The SMILES string of the molecule is O=C1C=CC(=CCCCCCO)OC1C(Cc1ccccc1)C(=O)N1C(=O)OCC1Cc1ccccc1. The first-order chi connectivity index (χ1) is 18.1. The van der Waals surface area contributed by atoms with Gasteiger partial charge in [0.25, 0.3) is 0 Å². The van der Waals surface area contributed by atoms with Gasteiger partial charge in [0.15, 0.2) is 11.9 Å². The van der Waals surface area contributed by atoms with E-state index in [0.29, 0.717) is 12.2 Å². The molecule has 2 aliphatic rings. The van der Waals surface area contributed by atoms with Gasteiger partial charge in [-0.15, -0.1) is 0 Å². The van der Waals surface area contributed by atoms with Crippen molar-refractivity contribution in [3.05, 3.63) is 95.8 Å². The van der Waals surface area contributed by atoms with Crippen LogP contribution < -0.4 is 0 Å². The van der Waals surface area contributed by atoms with E-state index in [1.807, 2.05) is 66.7 Å². The van der Waals surface area contributed by atoms with E-state index in [9.17, 15) is 14.4 Å². The van der Waals surface area contributed by atoms with Gasteiger partial charge in [-0.25, -0.2) is 9.69 Å². The summed E-state index contributed by atoms with van der Waals surface area (Å²) in [5, 5.41) is 8.96. The van der Waals surface area contributed by atoms with Crippen LogP contribution in [0.3, 0.4) is 0 Å². The van der Waals surface area contributed by atoms with Gasteiger partial charge in [-0.05, 0) is 61.5 Å². The van der Waals surface area contributed by atoms with Crippen molar-refractivity contribution < 1.29 is 29.0 Å². The number of allylic oxidation sites excluding steroid dienone is 2. The average Bonchev–Trinajstić information content (AvgIpc) is 3.28. The number of hydrogen-bond acceptors (Lipinski definition) is 6. The zero-order valence-corrected chi connectivity index (χ0v) is 20.8. The lowest BCUT2D eigenvalue weighted by Crippen LogP contribution is -2.49. The Morgan fingerprint density at radius 1 is 0.973 bits per heavy atom. The van der Waals surface area contributed by atoms with Crippen LogP contribution in [0.2, 0.25) is 0 Å². The maximum Gasteiger partial charge on any atom is 0.416 e. The van der Waals surface area contributed by atoms with Crippen molar-refractivity contribution in [2.24, 2.45) is 5.92 Å². The summed E-state index contributed by atoms with van der Waals surface area (Å²) >= 11 is 0. The van der Waals surface area contributed by atoms with Crippen LogP contribution in [0.5, 0.6) is 0 Å². The Kier molecular flexibility index (Phi) is 9.27. The summed E-state index contributed by atoms with van der Waals surface area (Å²) in [6.45, 7) is 0.271. The fourth-order valence-electron chi connectivity index (χ4n) is 4.71. The summed E-state index contributed by atoms with van der Waals surface area (Å²) in [7, 11) is 0. The van der Waals surface area contributed by atoms with E-state index in [1.165, 1.54) is 11.0 Å². The normalized spacial score (nSPS) is 21.1. The molecule has 4 rings (SSSR count). The van der Waals surface area contributed by atoms with Crippen LogP contribution >= 0.6 is 0 Å². The van der Waals surface area contributed by atoms with Gasteiger partial charge in [0.1, 0.15) is 12.4 Å². The van der Waals surface area contributed by atoms with Crippen molar-refractivity contribution in [2.45, 2.75) is 50.7 Å². The number of nitrogens with zero attached hydrogens (tertiary/aromatic N) is 1. The standard InChI is InChI=1S/C30H33NO6/c32-18-10-2-1-9-15-25-16-17-27(33)28(37-25)26(20-23-13-7-4-8-14-23)29(34)31-24(21-36-30(31)35)19-22-11-5-3-6-12-22/h3-8,11-17,24,26,28,32H,1-2,9-10,18-21H2. The number of amides is 2. The first kappa shape index (κ1) is 26.4. The number of ketones is 1. The number of aliphatic hydroxyl groups excluding tert-OH is 1. The Bertz CT molecular complexity index is 1130. The molecule has 1 saturated heterocycles. The predicted octanol–water partition coefficient (Wildman–Crippen LogP) is 4.40. The molecular formula is C30H33NO6. The maximum absolute atomic E-state index is 14.0. The minimum atomic E-state index is -1.05. The monoisotopic (exact) mass is 503 g/mol. The van der Waals surface area contributed by atoms with E-state index < -0.39 is 30.1 Å². The highest BCUT2D eigenvalue weighted by Crippen LogP contribution is 2.28. The third-order valence-corrected chi connectivity index (χ3v) is 6.66. The number of aliphatic hydroxyl groups is 1. The largest absolute Gasteiger partial charge is 0.482 e. The van der Waals surface area contributed by atoms with Gasteiger partial charge in [-0.2, -0.15) is 0 Å². The predicted molar refractivity (Wildman–Crippen MR) is 138 cm³/mol. The molecule has 3 atom stereocenters. The van der Waals surface area contributed by atoms with Gasteiger partial charge in [0.2, 0.25) is 5.91 Å². The summed E-state index contributed by atoms with van der Waals surface area (Å²) < 4.78 is 11.4. The van der Waals surface area contributed by atoms with Crippen molar-refractivity contribution >= 4 is 17.8 Å². The quantitative estimate of drug-likeness (QED) is 0.457. The molecule has 2 amide bonds. The number of carbonyl (C=O) groups is 3. The topological polar surface area (TPSA) is 93.1 Å². The van der Waals surface area contributed by atoms with Crippen molar-refractivity contribution in [2.75, 3.05) is 13.2 Å². The van der Waals surface area contributed by atoms with Gasteiger partial charge in [0, 0.05) is 6.61 Å². The molecule has 2 aromatic carbocycles. The lowest BCUT2D eigenvalue weighted by Gasteiger charge is -2.31. The molecular weight excluding hydrogens is 470 g/mol. The molecule has 0 radical (unpaired) electrons. The fourth-order valence-corrected chi connectivity index (χ4v) is 4.71. The second-order valence-electron chi connectivity index (χ2n) is 9.38. The van der Waals surface area contributed by atoms with Crippen molar-refractivity contribution in [1.82, 2.24) is 4.90 Å². The van der Waals surface area contributed by atoms with Gasteiger partial charge in [-0.3, -0.25) is 9.59 Å². The Morgan fingerprint density at radius 2 is 1.68 bits per heavy atom. The Balaban J connectivity index is 1.57. The number of unbranched alkanes of at least 4 members (excludes halogenated alkanes) is 3. The number of carbonyl (C=O) groups excluding carboxylic acids is 3. The van der Waals surface area contributed by atoms with Gasteiger partial charge in [0.05, 0.1) is 12.0 Å². The maximum atomic E-state index is 14.0. The number of benzene rings is 2. The first-order valence-electron chi connectivity index (χ1n) is 12.8. The molecule has 0 aromatic heterocycles. The fraction of sp³-hybridized carbons (Fsp3) is 0.367. The molecule has 2 aromatic rings. The lowest BCUT2D eigenvalue weighted by atomic mass is 9.88. The van der Waals surface area contributed by atoms with Crippen molar-refractivity contribution in [3.8, 4) is 0 Å². The third kappa shape index (κ3) is 6.95. The van der Waals surface area contributed by atoms with Crippen LogP contribution in [0, 0.1) is 5.92 Å². The first-order valence-corrected chi connectivity index (χ1v) is 12.8. The van der Waals surface area contributed by atoms with Crippen molar-refractivity contribution in [3.63, 3.8) is 0 Å². The van der Waals surface area contributed by atoms with E-state index in [0.717, 1.165) is 36.8 Å². The van der Waals surface area contributed by atoms with E-state index in [1.54, 1.807) is 6.08 Å². The molecule has 0 bridgehead atoms. The lowest BCUT2D eigenvalue weighted by molar-refractivity contribution is -0.143. The van der Waals surface area contributed by atoms with Crippen LogP contribution in [0.15, 0.2) is 84.7 Å². The van der Waals surface area contributed by atoms with E-state index in [2.05, 4.69) is 0 Å². The zero-order chi connectivity index (χ0) is 26.0. The molecule has 194 valence electrons. The molecule has 0 spiro atoms. The zero-order valence-electron chi connectivity index (χ0n) is 20.8. The number of ether oxygens (including phenoxy) is 2. The summed E-state index contributed by atoms with van der Waals surface area (Å²) in [6, 6.07) is 18.6. The highest BCUT2D eigenvalue weighted by molar-refractivity contribution is 6.02. The van der Waals surface area contributed by atoms with E-state index in [-0.39, 0.29) is 25.4 Å². The van der Waals surface area contributed by atoms with Gasteiger partial charge < -0.3 is 14.6 Å². The van der Waals surface area contributed by atoms with Crippen LogP contribution in [0.4, 0.5) is 4.79 Å². The summed E-state index contributed by atoms with van der Waals surface area (Å²) in [6.07, 6.45) is 7.19. The van der Waals surface area contributed by atoms with Crippen LogP contribution in [0.25, 0.3) is 0 Å². The molecule has 7 nitrogen and oxygen atoms in total. The molecule has 3 unspecified atom stereocenters. The second-order valence-corrected chi connectivity index (χ2v) is 9.38. The third-order valence-electron chi connectivity index (χ3n) is 6.66. The Morgan fingerprint density at radius 3 is 2.38 bits per heavy atom. The number of hydrogen-bond donors (Lipinski definition) is 1. The molecule has 0 aliphatic carbocycles. The molecule has 1 N–H and O–H groups in total. The average molecular weight is 504 g/mol. The molecule has 7 heteroatoms. The number of imide groups is 1. The van der Waals surface area contributed by atoms with Crippen LogP contribution in [-0.2, 0) is 31.9 Å². The molecule has 0 saturated carbocycles. The minimum Gasteiger partial charge on any atom is -0.482 e. The van der Waals surface area contributed by atoms with Crippen LogP contribution in [-0.4, -0.2) is 53.1 Å². The van der Waals surface area contributed by atoms with E-state index in [4.69, 9.17) is 14.6 Å². The highest BCUT2D eigenvalue weighted by Gasteiger charge is 2.45. The minimum absolute atomic E-state index is 0.107. The Hall–Kier alpha value is -3.71. The second kappa shape index (κ2) is 13.0. The number of cyclic esters (lactones) is 1. The molecule has 1 fully saturated rings.